The van der Waals surface area contributed by atoms with Gasteiger partial charge < -0.3 is 19.5 Å². The highest BCUT2D eigenvalue weighted by atomic mass is 35.5. The predicted octanol–water partition coefficient (Wildman–Crippen LogP) is 2.64. The highest BCUT2D eigenvalue weighted by molar-refractivity contribution is 7.89. The number of nitrogens with one attached hydrogen (secondary N) is 1. The van der Waals surface area contributed by atoms with Crippen molar-refractivity contribution < 1.29 is 32.2 Å². The molecule has 0 aliphatic rings. The zero-order valence-electron chi connectivity index (χ0n) is 18.3. The van der Waals surface area contributed by atoms with E-state index in [1.165, 1.54) is 53.6 Å². The molecule has 0 aromatic heterocycles. The monoisotopic (exact) mass is 484 g/mol. The molecule has 174 valence electrons. The van der Waals surface area contributed by atoms with Crippen molar-refractivity contribution >= 4 is 33.5 Å². The lowest BCUT2D eigenvalue weighted by Gasteiger charge is -2.20. The van der Waals surface area contributed by atoms with E-state index < -0.39 is 27.9 Å². The maximum absolute atomic E-state index is 13.0. The Morgan fingerprint density at radius 2 is 1.69 bits per heavy atom. The third kappa shape index (κ3) is 5.70. The van der Waals surface area contributed by atoms with Crippen LogP contribution in [0.2, 0.25) is 5.02 Å². The van der Waals surface area contributed by atoms with Crippen molar-refractivity contribution in [2.75, 3.05) is 35.4 Å². The summed E-state index contributed by atoms with van der Waals surface area (Å²) in [5.41, 5.74) is 0.500. The van der Waals surface area contributed by atoms with Gasteiger partial charge in [-0.1, -0.05) is 17.7 Å². The van der Waals surface area contributed by atoms with E-state index in [4.69, 9.17) is 25.8 Å². The molecule has 1 atom stereocenters. The number of hydrogen-bond acceptors (Lipinski definition) is 7. The van der Waals surface area contributed by atoms with E-state index in [0.29, 0.717) is 17.1 Å². The molecule has 0 saturated carbocycles. The molecule has 11 heteroatoms. The summed E-state index contributed by atoms with van der Waals surface area (Å²) in [4.78, 5) is 24.9. The van der Waals surface area contributed by atoms with Gasteiger partial charge in [-0.25, -0.2) is 12.7 Å². The number of benzene rings is 2. The summed E-state index contributed by atoms with van der Waals surface area (Å²) >= 11 is 6.17. The van der Waals surface area contributed by atoms with Gasteiger partial charge in [0.15, 0.2) is 11.5 Å². The maximum atomic E-state index is 13.0. The first-order valence-electron chi connectivity index (χ1n) is 9.36. The fourth-order valence-electron chi connectivity index (χ4n) is 2.86. The summed E-state index contributed by atoms with van der Waals surface area (Å²) in [5.74, 6) is -0.329. The van der Waals surface area contributed by atoms with Gasteiger partial charge in [0.1, 0.15) is 0 Å². The Balaban J connectivity index is 2.45. The number of carbonyl (C=O) groups excluding carboxylic acids is 2. The van der Waals surface area contributed by atoms with Gasteiger partial charge in [0.25, 0.3) is 5.91 Å². The van der Waals surface area contributed by atoms with Crippen molar-refractivity contribution in [2.24, 2.45) is 0 Å². The fraction of sp³-hybridized carbons (Fsp3) is 0.333. The Kier molecular flexibility index (Phi) is 8.48. The lowest BCUT2D eigenvalue weighted by Crippen LogP contribution is -2.31. The minimum atomic E-state index is -3.78. The van der Waals surface area contributed by atoms with Crippen LogP contribution in [0.3, 0.4) is 0 Å². The topological polar surface area (TPSA) is 111 Å². The molecule has 0 fully saturated rings. The summed E-state index contributed by atoms with van der Waals surface area (Å²) in [6.45, 7) is 0. The minimum Gasteiger partial charge on any atom is -0.493 e. The maximum Gasteiger partial charge on any atom is 0.307 e. The molecule has 0 saturated heterocycles. The van der Waals surface area contributed by atoms with Crippen LogP contribution in [0.15, 0.2) is 41.3 Å². The lowest BCUT2D eigenvalue weighted by atomic mass is 10.0. The average molecular weight is 485 g/mol. The smallest absolute Gasteiger partial charge is 0.307 e. The van der Waals surface area contributed by atoms with Crippen LogP contribution in [0.4, 0.5) is 0 Å². The Bertz CT molecular complexity index is 1100. The molecule has 1 unspecified atom stereocenters. The number of methoxy groups -OCH3 is 3. The van der Waals surface area contributed by atoms with Crippen LogP contribution < -0.4 is 14.8 Å². The summed E-state index contributed by atoms with van der Waals surface area (Å²) in [6, 6.07) is 7.97. The van der Waals surface area contributed by atoms with Crippen LogP contribution in [0.5, 0.6) is 11.5 Å². The van der Waals surface area contributed by atoms with Gasteiger partial charge >= 0.3 is 5.97 Å². The predicted molar refractivity (Wildman–Crippen MR) is 119 cm³/mol. The molecule has 0 heterocycles. The number of esters is 1. The van der Waals surface area contributed by atoms with Crippen LogP contribution in [0.25, 0.3) is 0 Å². The Morgan fingerprint density at radius 1 is 1.03 bits per heavy atom. The number of hydrogen-bond donors (Lipinski definition) is 1. The molecule has 0 aliphatic carbocycles. The Hall–Kier alpha value is -2.82. The molecule has 1 amide bonds. The Morgan fingerprint density at radius 3 is 2.25 bits per heavy atom. The van der Waals surface area contributed by atoms with Crippen LogP contribution in [0, 0.1) is 0 Å². The van der Waals surface area contributed by atoms with Crippen molar-refractivity contribution in [2.45, 2.75) is 17.4 Å². The van der Waals surface area contributed by atoms with Crippen molar-refractivity contribution in [1.29, 1.82) is 0 Å². The molecular weight excluding hydrogens is 460 g/mol. The van der Waals surface area contributed by atoms with Gasteiger partial charge in [0.05, 0.1) is 49.3 Å². The van der Waals surface area contributed by atoms with Gasteiger partial charge in [-0.15, -0.1) is 0 Å². The number of halogens is 1. The fourth-order valence-corrected chi connectivity index (χ4v) is 3.99. The van der Waals surface area contributed by atoms with Gasteiger partial charge in [-0.3, -0.25) is 9.59 Å². The third-order valence-electron chi connectivity index (χ3n) is 4.67. The number of carbonyl (C=O) groups is 2. The molecule has 0 spiro atoms. The molecule has 32 heavy (non-hydrogen) atoms. The largest absolute Gasteiger partial charge is 0.493 e. The van der Waals surface area contributed by atoms with Gasteiger partial charge in [0.2, 0.25) is 10.0 Å². The van der Waals surface area contributed by atoms with Crippen molar-refractivity contribution in [3.05, 3.63) is 52.5 Å². The van der Waals surface area contributed by atoms with E-state index in [1.54, 1.807) is 18.2 Å². The second kappa shape index (κ2) is 10.7. The standard InChI is InChI=1S/C21H25ClN2O7S/c1-24(2)32(27,28)14-7-8-16(22)15(11-14)21(26)23-17(12-20(25)31-5)13-6-9-18(29-3)19(10-13)30-4/h6-11,17H,12H2,1-5H3,(H,23,26). The second-order valence-corrected chi connectivity index (χ2v) is 9.41. The number of sulfonamides is 1. The van der Waals surface area contributed by atoms with E-state index >= 15 is 0 Å². The van der Waals surface area contributed by atoms with E-state index in [9.17, 15) is 18.0 Å². The van der Waals surface area contributed by atoms with Crippen LogP contribution in [-0.4, -0.2) is 60.0 Å². The van der Waals surface area contributed by atoms with Gasteiger partial charge in [-0.2, -0.15) is 0 Å². The highest BCUT2D eigenvalue weighted by Crippen LogP contribution is 2.31. The van der Waals surface area contributed by atoms with E-state index in [1.807, 2.05) is 0 Å². The Labute approximate surface area is 192 Å². The van der Waals surface area contributed by atoms with Gasteiger partial charge in [-0.05, 0) is 35.9 Å². The van der Waals surface area contributed by atoms with Crippen LogP contribution in [0.1, 0.15) is 28.4 Å². The molecular formula is C21H25ClN2O7S. The first-order valence-corrected chi connectivity index (χ1v) is 11.2. The van der Waals surface area contributed by atoms with Crippen molar-refractivity contribution in [3.8, 4) is 11.5 Å². The van der Waals surface area contributed by atoms with Crippen LogP contribution in [-0.2, 0) is 19.6 Å². The zero-order chi connectivity index (χ0) is 24.1. The molecule has 0 bridgehead atoms. The third-order valence-corrected chi connectivity index (χ3v) is 6.82. The lowest BCUT2D eigenvalue weighted by molar-refractivity contribution is -0.141. The first-order chi connectivity index (χ1) is 15.0. The molecule has 2 aromatic carbocycles. The number of amides is 1. The molecule has 2 aromatic rings. The molecule has 0 radical (unpaired) electrons. The van der Waals surface area contributed by atoms with Crippen molar-refractivity contribution in [3.63, 3.8) is 0 Å². The summed E-state index contributed by atoms with van der Waals surface area (Å²) < 4.78 is 41.2. The second-order valence-electron chi connectivity index (χ2n) is 6.85. The quantitative estimate of drug-likeness (QED) is 0.544. The first kappa shape index (κ1) is 25.4. The molecule has 0 aliphatic heterocycles. The van der Waals surface area contributed by atoms with E-state index in [2.05, 4.69) is 5.32 Å². The average Bonchev–Trinajstić information content (AvgIpc) is 2.77. The minimum absolute atomic E-state index is 0.0510. The summed E-state index contributed by atoms with van der Waals surface area (Å²) in [7, 11) is 3.18. The molecule has 9 nitrogen and oxygen atoms in total. The molecule has 1 N–H and O–H groups in total. The number of rotatable bonds is 9. The zero-order valence-corrected chi connectivity index (χ0v) is 19.9. The number of ether oxygens (including phenoxy) is 3. The SMILES string of the molecule is COC(=O)CC(NC(=O)c1cc(S(=O)(=O)N(C)C)ccc1Cl)c1ccc(OC)c(OC)c1. The summed E-state index contributed by atoms with van der Waals surface area (Å²) in [6.07, 6.45) is -0.176. The summed E-state index contributed by atoms with van der Waals surface area (Å²) in [5, 5.41) is 2.78. The van der Waals surface area contributed by atoms with Crippen LogP contribution >= 0.6 is 11.6 Å². The van der Waals surface area contributed by atoms with E-state index in [0.717, 1.165) is 4.31 Å². The van der Waals surface area contributed by atoms with Gasteiger partial charge in [0, 0.05) is 14.1 Å². The highest BCUT2D eigenvalue weighted by Gasteiger charge is 2.25. The van der Waals surface area contributed by atoms with Crippen molar-refractivity contribution in [1.82, 2.24) is 9.62 Å². The normalized spacial score (nSPS) is 12.2. The molecule has 2 rings (SSSR count). The number of nitrogens with zero attached hydrogens (tertiary/aromatic N) is 1. The van der Waals surface area contributed by atoms with E-state index in [-0.39, 0.29) is 21.9 Å².